The summed E-state index contributed by atoms with van der Waals surface area (Å²) in [6.45, 7) is 5.74. The summed E-state index contributed by atoms with van der Waals surface area (Å²) in [6, 6.07) is 0. The van der Waals surface area contributed by atoms with Gasteiger partial charge in [-0.1, -0.05) is 0 Å². The molecule has 2 aliphatic rings. The Morgan fingerprint density at radius 2 is 1.79 bits per heavy atom. The van der Waals surface area contributed by atoms with Crippen LogP contribution in [0.5, 0.6) is 0 Å². The summed E-state index contributed by atoms with van der Waals surface area (Å²) in [6.07, 6.45) is 4.82. The van der Waals surface area contributed by atoms with E-state index in [-0.39, 0.29) is 17.7 Å². The van der Waals surface area contributed by atoms with Crippen LogP contribution in [-0.4, -0.2) is 40.0 Å². The average molecular weight is 350 g/mol. The molecular weight excluding hydrogens is 324 g/mol. The largest absolute Gasteiger partial charge is 0.481 e. The second-order valence-electron chi connectivity index (χ2n) is 7.20. The summed E-state index contributed by atoms with van der Waals surface area (Å²) in [5, 5.41) is 10.3. The van der Waals surface area contributed by atoms with Crippen LogP contribution in [0.3, 0.4) is 0 Å². The van der Waals surface area contributed by atoms with E-state index in [2.05, 4.69) is 11.9 Å². The highest BCUT2D eigenvalue weighted by molar-refractivity contribution is 7.11. The topological polar surface area (TPSA) is 70.5 Å². The van der Waals surface area contributed by atoms with Gasteiger partial charge < -0.3 is 10.0 Å². The number of aryl methyl sites for hydroxylation is 2. The van der Waals surface area contributed by atoms with E-state index in [1.165, 1.54) is 4.88 Å². The lowest BCUT2D eigenvalue weighted by Crippen LogP contribution is -2.43. The number of nitrogens with zero attached hydrogens (tertiary/aromatic N) is 2. The van der Waals surface area contributed by atoms with Crippen molar-refractivity contribution in [3.05, 3.63) is 15.6 Å². The molecule has 1 saturated heterocycles. The molecule has 0 bridgehead atoms. The van der Waals surface area contributed by atoms with E-state index in [0.717, 1.165) is 36.6 Å². The molecule has 1 N–H and O–H groups in total. The van der Waals surface area contributed by atoms with E-state index < -0.39 is 5.97 Å². The highest BCUT2D eigenvalue weighted by Crippen LogP contribution is 2.34. The Morgan fingerprint density at radius 1 is 1.12 bits per heavy atom. The van der Waals surface area contributed by atoms with Crippen molar-refractivity contribution in [2.24, 2.45) is 11.8 Å². The van der Waals surface area contributed by atoms with Gasteiger partial charge in [-0.15, -0.1) is 11.3 Å². The van der Waals surface area contributed by atoms with E-state index in [4.69, 9.17) is 5.11 Å². The fourth-order valence-electron chi connectivity index (χ4n) is 3.90. The Bertz CT molecular complexity index is 600. The maximum Gasteiger partial charge on any atom is 0.306 e. The number of carbonyl (C=O) groups is 2. The summed E-state index contributed by atoms with van der Waals surface area (Å²) in [7, 11) is 0. The second-order valence-corrected chi connectivity index (χ2v) is 8.44. The van der Waals surface area contributed by atoms with Crippen molar-refractivity contribution >= 4 is 23.2 Å². The molecule has 24 heavy (non-hydrogen) atoms. The van der Waals surface area contributed by atoms with Crippen molar-refractivity contribution in [1.82, 2.24) is 9.88 Å². The van der Waals surface area contributed by atoms with Crippen LogP contribution in [0.4, 0.5) is 0 Å². The van der Waals surface area contributed by atoms with Gasteiger partial charge in [0.2, 0.25) is 5.91 Å². The molecule has 1 aliphatic heterocycles. The minimum Gasteiger partial charge on any atom is -0.481 e. The zero-order chi connectivity index (χ0) is 17.3. The van der Waals surface area contributed by atoms with Gasteiger partial charge in [-0.3, -0.25) is 9.59 Å². The lowest BCUT2D eigenvalue weighted by Gasteiger charge is -2.36. The molecule has 2 heterocycles. The molecule has 5 nitrogen and oxygen atoms in total. The van der Waals surface area contributed by atoms with Gasteiger partial charge in [-0.25, -0.2) is 4.98 Å². The fourth-order valence-corrected chi connectivity index (χ4v) is 4.95. The molecule has 1 aliphatic carbocycles. The Kier molecular flexibility index (Phi) is 5.23. The minimum absolute atomic E-state index is 0.0131. The van der Waals surface area contributed by atoms with Gasteiger partial charge in [0, 0.05) is 29.8 Å². The summed E-state index contributed by atoms with van der Waals surface area (Å²) < 4.78 is 0. The first-order valence-electron chi connectivity index (χ1n) is 8.91. The monoisotopic (exact) mass is 350 g/mol. The molecule has 2 fully saturated rings. The van der Waals surface area contributed by atoms with E-state index in [1.54, 1.807) is 11.3 Å². The van der Waals surface area contributed by atoms with Crippen molar-refractivity contribution in [1.29, 1.82) is 0 Å². The number of hydrogen-bond donors (Lipinski definition) is 1. The average Bonchev–Trinajstić information content (AvgIpc) is 2.93. The number of rotatable bonds is 3. The first kappa shape index (κ1) is 17.4. The lowest BCUT2D eigenvalue weighted by atomic mass is 9.81. The van der Waals surface area contributed by atoms with Crippen LogP contribution >= 0.6 is 11.3 Å². The van der Waals surface area contributed by atoms with Crippen molar-refractivity contribution in [3.63, 3.8) is 0 Å². The molecule has 1 amide bonds. The second kappa shape index (κ2) is 7.21. The van der Waals surface area contributed by atoms with Crippen LogP contribution in [0.2, 0.25) is 0 Å². The van der Waals surface area contributed by atoms with Crippen molar-refractivity contribution in [2.75, 3.05) is 13.1 Å². The highest BCUT2D eigenvalue weighted by atomic mass is 32.1. The normalized spacial score (nSPS) is 27.9. The van der Waals surface area contributed by atoms with Gasteiger partial charge in [0.1, 0.15) is 0 Å². The van der Waals surface area contributed by atoms with Gasteiger partial charge >= 0.3 is 5.97 Å². The van der Waals surface area contributed by atoms with E-state index >= 15 is 0 Å². The SMILES string of the molecule is Cc1nc(C2CCCN(C(=O)C3CCC(C(=O)O)CC3)C2)sc1C. The number of aliphatic carboxylic acids is 1. The van der Waals surface area contributed by atoms with Crippen LogP contribution in [-0.2, 0) is 9.59 Å². The summed E-state index contributed by atoms with van der Waals surface area (Å²) in [4.78, 5) is 31.9. The van der Waals surface area contributed by atoms with Crippen LogP contribution in [0.1, 0.15) is 60.0 Å². The van der Waals surface area contributed by atoms with Gasteiger partial charge in [0.15, 0.2) is 0 Å². The Labute approximate surface area is 147 Å². The molecule has 3 rings (SSSR count). The minimum atomic E-state index is -0.714. The van der Waals surface area contributed by atoms with Crippen LogP contribution in [0.15, 0.2) is 0 Å². The molecule has 1 saturated carbocycles. The van der Waals surface area contributed by atoms with Crippen LogP contribution < -0.4 is 0 Å². The number of amides is 1. The zero-order valence-electron chi connectivity index (χ0n) is 14.5. The Morgan fingerprint density at radius 3 is 2.38 bits per heavy atom. The smallest absolute Gasteiger partial charge is 0.306 e. The summed E-state index contributed by atoms with van der Waals surface area (Å²) >= 11 is 1.76. The number of carboxylic acid groups (broad SMARTS) is 1. The van der Waals surface area contributed by atoms with Crippen molar-refractivity contribution in [3.8, 4) is 0 Å². The molecular formula is C18H26N2O3S. The van der Waals surface area contributed by atoms with Crippen LogP contribution in [0.25, 0.3) is 0 Å². The quantitative estimate of drug-likeness (QED) is 0.907. The molecule has 1 aromatic rings. The van der Waals surface area contributed by atoms with Crippen molar-refractivity contribution < 1.29 is 14.7 Å². The maximum atomic E-state index is 12.8. The molecule has 1 aromatic heterocycles. The standard InChI is InChI=1S/C18H26N2O3S/c1-11-12(2)24-16(19-11)15-4-3-9-20(10-15)17(21)13-5-7-14(8-6-13)18(22)23/h13-15H,3-10H2,1-2H3,(H,22,23). The molecule has 132 valence electrons. The third kappa shape index (κ3) is 3.63. The first-order valence-corrected chi connectivity index (χ1v) is 9.73. The first-order chi connectivity index (χ1) is 11.5. The zero-order valence-corrected chi connectivity index (χ0v) is 15.3. The van der Waals surface area contributed by atoms with Crippen molar-refractivity contribution in [2.45, 2.75) is 58.3 Å². The predicted molar refractivity (Wildman–Crippen MR) is 93.2 cm³/mol. The van der Waals surface area contributed by atoms with E-state index in [0.29, 0.717) is 31.6 Å². The number of piperidine rings is 1. The van der Waals surface area contributed by atoms with Gasteiger partial charge in [0.25, 0.3) is 0 Å². The summed E-state index contributed by atoms with van der Waals surface area (Å²) in [5.74, 6) is -0.374. The molecule has 1 unspecified atom stereocenters. The molecule has 1 atom stereocenters. The predicted octanol–water partition coefficient (Wildman–Crippen LogP) is 3.36. The number of carboxylic acids is 1. The fraction of sp³-hybridized carbons (Fsp3) is 0.722. The van der Waals surface area contributed by atoms with E-state index in [1.807, 2.05) is 11.8 Å². The van der Waals surface area contributed by atoms with Gasteiger partial charge in [-0.2, -0.15) is 0 Å². The Hall–Kier alpha value is -1.43. The van der Waals surface area contributed by atoms with Gasteiger partial charge in [-0.05, 0) is 52.4 Å². The molecule has 0 aromatic carbocycles. The highest BCUT2D eigenvalue weighted by Gasteiger charge is 2.34. The number of likely N-dealkylation sites (tertiary alicyclic amines) is 1. The molecule has 6 heteroatoms. The van der Waals surface area contributed by atoms with Gasteiger partial charge in [0.05, 0.1) is 16.6 Å². The summed E-state index contributed by atoms with van der Waals surface area (Å²) in [5.41, 5.74) is 1.10. The van der Waals surface area contributed by atoms with E-state index in [9.17, 15) is 9.59 Å². The van der Waals surface area contributed by atoms with Crippen LogP contribution in [0, 0.1) is 25.7 Å². The Balaban J connectivity index is 1.60. The number of thiazole rings is 1. The third-order valence-corrected chi connectivity index (χ3v) is 6.79. The molecule has 0 radical (unpaired) electrons. The lowest BCUT2D eigenvalue weighted by molar-refractivity contribution is -0.146. The number of aromatic nitrogens is 1. The molecule has 0 spiro atoms. The third-order valence-electron chi connectivity index (χ3n) is 5.55. The maximum absolute atomic E-state index is 12.8. The number of carbonyl (C=O) groups excluding carboxylic acids is 1. The number of hydrogen-bond acceptors (Lipinski definition) is 4.